The van der Waals surface area contributed by atoms with Gasteiger partial charge >= 0.3 is 11.9 Å². The molecule has 0 aliphatic rings. The molecule has 0 radical (unpaired) electrons. The van der Waals surface area contributed by atoms with Crippen LogP contribution in [0.3, 0.4) is 0 Å². The van der Waals surface area contributed by atoms with Gasteiger partial charge in [-0.1, -0.05) is 0 Å². The van der Waals surface area contributed by atoms with Crippen LogP contribution in [0.15, 0.2) is 18.7 Å². The molecule has 1 aromatic heterocycles. The molecular weight excluding hydrogens is 224 g/mol. The third-order valence-electron chi connectivity index (χ3n) is 2.01. The van der Waals surface area contributed by atoms with E-state index < -0.39 is 0 Å². The highest BCUT2D eigenvalue weighted by molar-refractivity contribution is 5.69. The van der Waals surface area contributed by atoms with Crippen molar-refractivity contribution in [2.75, 3.05) is 13.2 Å². The number of carbonyl (C=O) groups is 2. The quantitative estimate of drug-likeness (QED) is 0.520. The lowest BCUT2D eigenvalue weighted by molar-refractivity contribution is -0.151. The lowest BCUT2D eigenvalue weighted by Crippen LogP contribution is -2.12. The predicted octanol–water partition coefficient (Wildman–Crippen LogP) is 0.770. The Labute approximate surface area is 99.5 Å². The highest BCUT2D eigenvalue weighted by Crippen LogP contribution is 1.97. The Morgan fingerprint density at radius 1 is 1.29 bits per heavy atom. The molecule has 1 heterocycles. The Bertz CT molecular complexity index is 348. The van der Waals surface area contributed by atoms with Gasteiger partial charge in [0.25, 0.3) is 0 Å². The summed E-state index contributed by atoms with van der Waals surface area (Å²) in [4.78, 5) is 25.5. The number of hydrogen-bond acceptors (Lipinski definition) is 5. The Morgan fingerprint density at radius 2 is 2.06 bits per heavy atom. The number of imidazole rings is 1. The average molecular weight is 240 g/mol. The Hall–Kier alpha value is -1.85. The summed E-state index contributed by atoms with van der Waals surface area (Å²) in [7, 11) is 0. The molecule has 1 rings (SSSR count). The van der Waals surface area contributed by atoms with Gasteiger partial charge in [-0.05, 0) is 6.42 Å². The topological polar surface area (TPSA) is 70.4 Å². The van der Waals surface area contributed by atoms with Crippen LogP contribution < -0.4 is 0 Å². The van der Waals surface area contributed by atoms with Gasteiger partial charge in [0.05, 0.1) is 6.33 Å². The van der Waals surface area contributed by atoms with Crippen LogP contribution in [0.2, 0.25) is 0 Å². The maximum absolute atomic E-state index is 11.2. The molecule has 0 aliphatic heterocycles. The molecule has 0 bridgehead atoms. The second-order valence-electron chi connectivity index (χ2n) is 3.46. The van der Waals surface area contributed by atoms with Crippen LogP contribution >= 0.6 is 0 Å². The maximum atomic E-state index is 11.2. The molecule has 0 N–H and O–H groups in total. The number of aromatic nitrogens is 2. The Balaban J connectivity index is 1.99. The van der Waals surface area contributed by atoms with E-state index in [1.165, 1.54) is 6.92 Å². The normalized spacial score (nSPS) is 9.94. The zero-order valence-corrected chi connectivity index (χ0v) is 9.80. The van der Waals surface area contributed by atoms with Crippen LogP contribution in [0.1, 0.15) is 19.8 Å². The molecule has 0 saturated heterocycles. The fourth-order valence-electron chi connectivity index (χ4n) is 1.24. The van der Waals surface area contributed by atoms with Gasteiger partial charge in [0.1, 0.15) is 13.2 Å². The first-order valence-corrected chi connectivity index (χ1v) is 5.43. The van der Waals surface area contributed by atoms with Crippen molar-refractivity contribution in [2.45, 2.75) is 26.3 Å². The van der Waals surface area contributed by atoms with Crippen molar-refractivity contribution in [1.29, 1.82) is 0 Å². The zero-order valence-electron chi connectivity index (χ0n) is 9.80. The van der Waals surface area contributed by atoms with E-state index in [1.54, 1.807) is 12.5 Å². The van der Waals surface area contributed by atoms with Crippen LogP contribution in [0, 0.1) is 0 Å². The minimum Gasteiger partial charge on any atom is -0.462 e. The standard InChI is InChI=1S/C11H16N2O4/c1-10(14)16-7-8-17-11(15)3-2-5-13-6-4-12-9-13/h4,6,9H,2-3,5,7-8H2,1H3. The molecule has 0 aliphatic carbocycles. The maximum Gasteiger partial charge on any atom is 0.305 e. The summed E-state index contributed by atoms with van der Waals surface area (Å²) >= 11 is 0. The average Bonchev–Trinajstić information content (AvgIpc) is 2.77. The van der Waals surface area contributed by atoms with Gasteiger partial charge in [-0.25, -0.2) is 4.98 Å². The number of esters is 2. The molecule has 94 valence electrons. The summed E-state index contributed by atoms with van der Waals surface area (Å²) in [6.07, 6.45) is 6.27. The van der Waals surface area contributed by atoms with Gasteiger partial charge < -0.3 is 14.0 Å². The second kappa shape index (κ2) is 7.43. The number of ether oxygens (including phenoxy) is 2. The lowest BCUT2D eigenvalue weighted by Gasteiger charge is -2.05. The summed E-state index contributed by atoms with van der Waals surface area (Å²) in [6.45, 7) is 2.28. The third kappa shape index (κ3) is 6.34. The molecule has 0 saturated carbocycles. The van der Waals surface area contributed by atoms with Gasteiger partial charge in [-0.15, -0.1) is 0 Å². The predicted molar refractivity (Wildman–Crippen MR) is 59.1 cm³/mol. The van der Waals surface area contributed by atoms with E-state index in [0.29, 0.717) is 12.8 Å². The SMILES string of the molecule is CC(=O)OCCOC(=O)CCCn1ccnc1. The zero-order chi connectivity index (χ0) is 12.5. The molecule has 0 amide bonds. The minimum atomic E-state index is -0.374. The van der Waals surface area contributed by atoms with Crippen molar-refractivity contribution in [1.82, 2.24) is 9.55 Å². The third-order valence-corrected chi connectivity index (χ3v) is 2.01. The molecule has 0 atom stereocenters. The Kier molecular flexibility index (Phi) is 5.77. The molecule has 1 aromatic rings. The number of aryl methyl sites for hydroxylation is 1. The summed E-state index contributed by atoms with van der Waals surface area (Å²) in [6, 6.07) is 0. The van der Waals surface area contributed by atoms with Crippen molar-refractivity contribution in [3.8, 4) is 0 Å². The lowest BCUT2D eigenvalue weighted by atomic mass is 10.3. The molecule has 6 nitrogen and oxygen atoms in total. The fourth-order valence-corrected chi connectivity index (χ4v) is 1.24. The van der Waals surface area contributed by atoms with Crippen molar-refractivity contribution in [3.63, 3.8) is 0 Å². The molecule has 0 aromatic carbocycles. The number of carbonyl (C=O) groups excluding carboxylic acids is 2. The van der Waals surface area contributed by atoms with Crippen LogP contribution in [0.25, 0.3) is 0 Å². The molecular formula is C11H16N2O4. The minimum absolute atomic E-state index is 0.114. The highest BCUT2D eigenvalue weighted by atomic mass is 16.6. The van der Waals surface area contributed by atoms with Gasteiger partial charge in [-0.2, -0.15) is 0 Å². The Morgan fingerprint density at radius 3 is 2.71 bits per heavy atom. The molecule has 6 heteroatoms. The monoisotopic (exact) mass is 240 g/mol. The van der Waals surface area contributed by atoms with E-state index >= 15 is 0 Å². The van der Waals surface area contributed by atoms with Crippen LogP contribution in [-0.4, -0.2) is 34.7 Å². The molecule has 0 spiro atoms. The van der Waals surface area contributed by atoms with Gasteiger partial charge in [0, 0.05) is 32.3 Å². The summed E-state index contributed by atoms with van der Waals surface area (Å²) in [5, 5.41) is 0. The van der Waals surface area contributed by atoms with Crippen LogP contribution in [0.5, 0.6) is 0 Å². The first-order valence-electron chi connectivity index (χ1n) is 5.43. The van der Waals surface area contributed by atoms with E-state index in [4.69, 9.17) is 4.74 Å². The molecule has 17 heavy (non-hydrogen) atoms. The van der Waals surface area contributed by atoms with Crippen molar-refractivity contribution in [3.05, 3.63) is 18.7 Å². The summed E-state index contributed by atoms with van der Waals surface area (Å²) in [5.74, 6) is -0.654. The van der Waals surface area contributed by atoms with Crippen molar-refractivity contribution >= 4 is 11.9 Å². The van der Waals surface area contributed by atoms with E-state index in [-0.39, 0.29) is 25.2 Å². The van der Waals surface area contributed by atoms with Crippen molar-refractivity contribution < 1.29 is 19.1 Å². The summed E-state index contributed by atoms with van der Waals surface area (Å²) < 4.78 is 11.4. The smallest absolute Gasteiger partial charge is 0.305 e. The number of hydrogen-bond donors (Lipinski definition) is 0. The van der Waals surface area contributed by atoms with Crippen LogP contribution in [-0.2, 0) is 25.6 Å². The highest BCUT2D eigenvalue weighted by Gasteiger charge is 2.03. The number of nitrogens with zero attached hydrogens (tertiary/aromatic N) is 2. The van der Waals surface area contributed by atoms with E-state index in [9.17, 15) is 9.59 Å². The van der Waals surface area contributed by atoms with Gasteiger partial charge in [-0.3, -0.25) is 9.59 Å². The van der Waals surface area contributed by atoms with Crippen LogP contribution in [0.4, 0.5) is 0 Å². The number of rotatable bonds is 7. The molecule has 0 unspecified atom stereocenters. The second-order valence-corrected chi connectivity index (χ2v) is 3.46. The van der Waals surface area contributed by atoms with Crippen molar-refractivity contribution in [2.24, 2.45) is 0 Å². The summed E-state index contributed by atoms with van der Waals surface area (Å²) in [5.41, 5.74) is 0. The van der Waals surface area contributed by atoms with E-state index in [1.807, 2.05) is 10.8 Å². The van der Waals surface area contributed by atoms with Gasteiger partial charge in [0.2, 0.25) is 0 Å². The first-order chi connectivity index (χ1) is 8.18. The van der Waals surface area contributed by atoms with Gasteiger partial charge in [0.15, 0.2) is 0 Å². The molecule has 0 fully saturated rings. The fraction of sp³-hybridized carbons (Fsp3) is 0.545. The largest absolute Gasteiger partial charge is 0.462 e. The van der Waals surface area contributed by atoms with E-state index in [0.717, 1.165) is 6.54 Å². The first kappa shape index (κ1) is 13.2. The van der Waals surface area contributed by atoms with E-state index in [2.05, 4.69) is 9.72 Å².